The minimum absolute atomic E-state index is 0.168. The van der Waals surface area contributed by atoms with Gasteiger partial charge < -0.3 is 28.5 Å². The van der Waals surface area contributed by atoms with Crippen molar-refractivity contribution in [2.75, 3.05) is 47.5 Å². The number of hydrogen-bond acceptors (Lipinski definition) is 7. The Morgan fingerprint density at radius 2 is 0.709 bits per heavy atom. The van der Waals surface area contributed by atoms with Gasteiger partial charge in [0.15, 0.2) is 6.10 Å². The maximum atomic E-state index is 12.9. The first-order chi connectivity index (χ1) is 38.6. The molecule has 0 heterocycles. The number of carbonyl (C=O) groups is 3. The second-order valence-electron chi connectivity index (χ2n) is 20.5. The van der Waals surface area contributed by atoms with Gasteiger partial charge in [-0.3, -0.25) is 9.59 Å². The summed E-state index contributed by atoms with van der Waals surface area (Å²) in [6, 6.07) is 0. The van der Waals surface area contributed by atoms with E-state index in [0.29, 0.717) is 23.9 Å². The molecule has 0 aliphatic heterocycles. The number of carboxylic acids is 1. The highest BCUT2D eigenvalue weighted by molar-refractivity contribution is 5.71. The molecule has 0 aliphatic rings. The van der Waals surface area contributed by atoms with Gasteiger partial charge in [-0.25, -0.2) is 4.79 Å². The van der Waals surface area contributed by atoms with Crippen molar-refractivity contribution in [3.63, 3.8) is 0 Å². The van der Waals surface area contributed by atoms with Gasteiger partial charge in [0.25, 0.3) is 6.29 Å². The van der Waals surface area contributed by atoms with Gasteiger partial charge in [0.1, 0.15) is 13.2 Å². The largest absolute Gasteiger partial charge is 0.477 e. The van der Waals surface area contributed by atoms with Crippen LogP contribution in [0.5, 0.6) is 0 Å². The van der Waals surface area contributed by atoms with Crippen LogP contribution in [-0.2, 0) is 33.3 Å². The predicted octanol–water partition coefficient (Wildman–Crippen LogP) is 18.3. The van der Waals surface area contributed by atoms with Crippen LogP contribution in [0.3, 0.4) is 0 Å². The third-order valence-electron chi connectivity index (χ3n) is 12.0. The number of allylic oxidation sites excluding steroid dienone is 28. The molecule has 0 saturated heterocycles. The molecule has 442 valence electrons. The minimum atomic E-state index is -1.54. The molecule has 2 unspecified atom stereocenters. The van der Waals surface area contributed by atoms with Crippen LogP contribution in [0, 0.1) is 0 Å². The van der Waals surface area contributed by atoms with Gasteiger partial charge >= 0.3 is 17.9 Å². The van der Waals surface area contributed by atoms with E-state index in [1.54, 1.807) is 0 Å². The molecular formula is C70H110NO8+. The Bertz CT molecular complexity index is 1900. The van der Waals surface area contributed by atoms with Crippen molar-refractivity contribution >= 4 is 17.9 Å². The highest BCUT2D eigenvalue weighted by Gasteiger charge is 2.25. The molecule has 0 spiro atoms. The van der Waals surface area contributed by atoms with Crippen molar-refractivity contribution in [2.24, 2.45) is 0 Å². The van der Waals surface area contributed by atoms with Crippen LogP contribution in [0.4, 0.5) is 0 Å². The molecule has 0 radical (unpaired) electrons. The van der Waals surface area contributed by atoms with Crippen LogP contribution in [0.2, 0.25) is 0 Å². The van der Waals surface area contributed by atoms with E-state index in [9.17, 15) is 19.5 Å². The molecule has 0 aromatic carbocycles. The fraction of sp³-hybridized carbons (Fsp3) is 0.557. The van der Waals surface area contributed by atoms with Crippen LogP contribution in [0.15, 0.2) is 170 Å². The number of aliphatic carboxylic acids is 1. The number of ether oxygens (including phenoxy) is 4. The van der Waals surface area contributed by atoms with Gasteiger partial charge in [0, 0.05) is 12.8 Å². The summed E-state index contributed by atoms with van der Waals surface area (Å²) in [4.78, 5) is 37.3. The summed E-state index contributed by atoms with van der Waals surface area (Å²) in [5, 5.41) is 9.68. The maximum Gasteiger partial charge on any atom is 0.361 e. The highest BCUT2D eigenvalue weighted by atomic mass is 16.7. The average molecular weight is 1090 g/mol. The quantitative estimate of drug-likeness (QED) is 0.0211. The third-order valence-corrected chi connectivity index (χ3v) is 12.0. The fourth-order valence-corrected chi connectivity index (χ4v) is 7.41. The number of likely N-dealkylation sites (N-methyl/N-ethyl adjacent to an activating group) is 1. The van der Waals surface area contributed by atoms with Crippen LogP contribution in [-0.4, -0.2) is 87.4 Å². The lowest BCUT2D eigenvalue weighted by atomic mass is 10.0. The van der Waals surface area contributed by atoms with E-state index >= 15 is 0 Å². The number of rotatable bonds is 53. The van der Waals surface area contributed by atoms with Crippen molar-refractivity contribution in [1.82, 2.24) is 0 Å². The molecule has 2 atom stereocenters. The van der Waals surface area contributed by atoms with E-state index in [2.05, 4.69) is 172 Å². The molecule has 0 fully saturated rings. The standard InChI is InChI=1S/C70H109NO8/c1-6-8-10-12-14-16-18-20-21-22-23-24-25-26-27-28-29-30-31-32-33-34-35-36-37-38-39-40-41-42-43-44-45-46-47-49-51-53-55-57-59-61-68(73)79-66(65-78-70(69(74)75)76-63-62-71(3,4)5)64-77-67(72)60-58-56-54-52-50-48-19-17-15-13-11-9-7-2/h8-11,14-17,20-21,23-24,26-27,29-30,32-33,35-36,38-39,41-42,48,50,54,56,66,70H,6-7,12-13,18-19,22,25,28,31,34,37,40,43-47,49,51-53,55,57-65H2,1-5H3/p+1/b10-8-,11-9-,16-14-,17-15-,21-20-,24-23-,27-26-,30-29-,33-32-,36-35-,39-38-,42-41-,50-48-,56-54-. The van der Waals surface area contributed by atoms with Crippen molar-refractivity contribution in [1.29, 1.82) is 0 Å². The zero-order chi connectivity index (χ0) is 57.6. The number of esters is 2. The monoisotopic (exact) mass is 1090 g/mol. The highest BCUT2D eigenvalue weighted by Crippen LogP contribution is 2.14. The molecule has 0 amide bonds. The molecule has 1 N–H and O–H groups in total. The van der Waals surface area contributed by atoms with Gasteiger partial charge in [0.05, 0.1) is 34.4 Å². The fourth-order valence-electron chi connectivity index (χ4n) is 7.41. The lowest BCUT2D eigenvalue weighted by Crippen LogP contribution is -2.40. The van der Waals surface area contributed by atoms with E-state index in [-0.39, 0.29) is 32.7 Å². The summed E-state index contributed by atoms with van der Waals surface area (Å²) in [5.41, 5.74) is 0. The summed E-state index contributed by atoms with van der Waals surface area (Å²) in [6.07, 6.45) is 86.2. The van der Waals surface area contributed by atoms with Gasteiger partial charge in [0.2, 0.25) is 0 Å². The van der Waals surface area contributed by atoms with Crippen LogP contribution >= 0.6 is 0 Å². The molecule has 0 rings (SSSR count). The predicted molar refractivity (Wildman–Crippen MR) is 336 cm³/mol. The number of unbranched alkanes of at least 4 members (excludes halogenated alkanes) is 10. The SMILES string of the molecule is CC/C=C\C/C=C\C/C=C\C/C=C\C/C=C\C/C=C\C/C=C\C/C=C\C/C=C\C/C=C\CCCCCCCCCCCCC(=O)OC(COC(=O)CC/C=C\C/C=C\C/C=C\C/C=C\CC)COC(OCC[N+](C)(C)C)C(=O)O. The first-order valence-corrected chi connectivity index (χ1v) is 30.3. The summed E-state index contributed by atoms with van der Waals surface area (Å²) >= 11 is 0. The first-order valence-electron chi connectivity index (χ1n) is 30.3. The lowest BCUT2D eigenvalue weighted by molar-refractivity contribution is -0.870. The molecule has 9 heteroatoms. The molecular weight excluding hydrogens is 983 g/mol. The normalized spacial score (nSPS) is 14.0. The zero-order valence-electron chi connectivity index (χ0n) is 50.2. The van der Waals surface area contributed by atoms with Crippen molar-refractivity contribution in [3.8, 4) is 0 Å². The van der Waals surface area contributed by atoms with Crippen molar-refractivity contribution in [2.45, 2.75) is 206 Å². The average Bonchev–Trinajstić information content (AvgIpc) is 3.42. The molecule has 0 aromatic rings. The molecule has 0 saturated carbocycles. The molecule has 79 heavy (non-hydrogen) atoms. The Labute approximate surface area is 482 Å². The van der Waals surface area contributed by atoms with Crippen LogP contribution < -0.4 is 0 Å². The zero-order valence-corrected chi connectivity index (χ0v) is 50.2. The maximum absolute atomic E-state index is 12.9. The van der Waals surface area contributed by atoms with Gasteiger partial charge in [-0.05, 0) is 116 Å². The topological polar surface area (TPSA) is 108 Å². The first kappa shape index (κ1) is 73.7. The van der Waals surface area contributed by atoms with Crippen LogP contribution in [0.25, 0.3) is 0 Å². The number of carbonyl (C=O) groups excluding carboxylic acids is 2. The Morgan fingerprint density at radius 3 is 1.06 bits per heavy atom. The van der Waals surface area contributed by atoms with Crippen molar-refractivity contribution in [3.05, 3.63) is 170 Å². The summed E-state index contributed by atoms with van der Waals surface area (Å²) in [7, 11) is 5.93. The van der Waals surface area contributed by atoms with Crippen molar-refractivity contribution < 1.29 is 42.9 Å². The Morgan fingerprint density at radius 1 is 0.380 bits per heavy atom. The van der Waals surface area contributed by atoms with E-state index in [1.165, 1.54) is 38.5 Å². The smallest absolute Gasteiger partial charge is 0.361 e. The third kappa shape index (κ3) is 60.1. The summed E-state index contributed by atoms with van der Waals surface area (Å²) in [5.74, 6) is -2.14. The number of hydrogen-bond donors (Lipinski definition) is 1. The van der Waals surface area contributed by atoms with E-state index in [1.807, 2.05) is 33.3 Å². The second kappa shape index (κ2) is 58.8. The number of carboxylic acid groups (broad SMARTS) is 1. The molecule has 9 nitrogen and oxygen atoms in total. The van der Waals surface area contributed by atoms with Gasteiger partial charge in [-0.1, -0.05) is 235 Å². The van der Waals surface area contributed by atoms with E-state index < -0.39 is 30.3 Å². The van der Waals surface area contributed by atoms with Crippen LogP contribution in [0.1, 0.15) is 194 Å². The summed E-state index contributed by atoms with van der Waals surface area (Å²) < 4.78 is 22.7. The molecule has 0 aromatic heterocycles. The lowest BCUT2D eigenvalue weighted by Gasteiger charge is -2.25. The Kier molecular flexibility index (Phi) is 54.8. The van der Waals surface area contributed by atoms with E-state index in [4.69, 9.17) is 18.9 Å². The Hall–Kier alpha value is -5.35. The van der Waals surface area contributed by atoms with Gasteiger partial charge in [-0.15, -0.1) is 0 Å². The Balaban J connectivity index is 4.17. The second-order valence-corrected chi connectivity index (χ2v) is 20.5. The number of nitrogens with zero attached hydrogens (tertiary/aromatic N) is 1. The molecule has 0 aliphatic carbocycles. The summed E-state index contributed by atoms with van der Waals surface area (Å²) in [6.45, 7) is 4.52. The van der Waals surface area contributed by atoms with E-state index in [0.717, 1.165) is 116 Å². The minimum Gasteiger partial charge on any atom is -0.477 e. The number of quaternary nitrogens is 1. The van der Waals surface area contributed by atoms with Gasteiger partial charge in [-0.2, -0.15) is 0 Å². The molecule has 0 bridgehead atoms.